The molecule has 1 aromatic rings. The van der Waals surface area contributed by atoms with Crippen LogP contribution in [0.5, 0.6) is 11.5 Å². The largest absolute Gasteiger partial charge is 0.493 e. The molecule has 0 radical (unpaired) electrons. The summed E-state index contributed by atoms with van der Waals surface area (Å²) in [7, 11) is 3.76. The third kappa shape index (κ3) is 5.18. The van der Waals surface area contributed by atoms with E-state index in [1.54, 1.807) is 7.11 Å². The van der Waals surface area contributed by atoms with Crippen LogP contribution in [0.3, 0.4) is 0 Å². The summed E-state index contributed by atoms with van der Waals surface area (Å²) in [5, 5.41) is 3.38. The molecular formula is C18H30N2O2. The van der Waals surface area contributed by atoms with Crippen molar-refractivity contribution in [2.75, 3.05) is 40.4 Å². The Kier molecular flexibility index (Phi) is 7.00. The molecule has 1 N–H and O–H groups in total. The second-order valence-corrected chi connectivity index (χ2v) is 6.11. The Morgan fingerprint density at radius 3 is 2.64 bits per heavy atom. The molecule has 1 heterocycles. The lowest BCUT2D eigenvalue weighted by Gasteiger charge is -2.31. The Labute approximate surface area is 134 Å². The van der Waals surface area contributed by atoms with E-state index in [2.05, 4.69) is 30.3 Å². The Hall–Kier alpha value is -1.26. The van der Waals surface area contributed by atoms with Crippen molar-refractivity contribution in [1.29, 1.82) is 0 Å². The molecule has 0 aliphatic carbocycles. The van der Waals surface area contributed by atoms with Gasteiger partial charge in [0.15, 0.2) is 11.5 Å². The van der Waals surface area contributed by atoms with Crippen LogP contribution in [0, 0.1) is 6.92 Å². The zero-order chi connectivity index (χ0) is 15.8. The molecule has 0 saturated carbocycles. The predicted octanol–water partition coefficient (Wildman–Crippen LogP) is 2.85. The van der Waals surface area contributed by atoms with Gasteiger partial charge >= 0.3 is 0 Å². The zero-order valence-electron chi connectivity index (χ0n) is 14.2. The van der Waals surface area contributed by atoms with Gasteiger partial charge in [-0.25, -0.2) is 0 Å². The van der Waals surface area contributed by atoms with Crippen LogP contribution in [0.2, 0.25) is 0 Å². The minimum Gasteiger partial charge on any atom is -0.493 e. The van der Waals surface area contributed by atoms with Crippen molar-refractivity contribution < 1.29 is 9.47 Å². The number of benzene rings is 1. The molecule has 0 amide bonds. The summed E-state index contributed by atoms with van der Waals surface area (Å²) in [6.45, 7) is 6.44. The Bertz CT molecular complexity index is 443. The Morgan fingerprint density at radius 1 is 1.18 bits per heavy atom. The summed E-state index contributed by atoms with van der Waals surface area (Å²) < 4.78 is 11.2. The number of likely N-dealkylation sites (tertiary alicyclic amines) is 1. The Balaban J connectivity index is 1.62. The molecule has 0 atom stereocenters. The topological polar surface area (TPSA) is 33.7 Å². The van der Waals surface area contributed by atoms with Crippen LogP contribution in [0.1, 0.15) is 31.2 Å². The smallest absolute Gasteiger partial charge is 0.161 e. The third-order valence-corrected chi connectivity index (χ3v) is 4.44. The number of methoxy groups -OCH3 is 1. The summed E-state index contributed by atoms with van der Waals surface area (Å²) in [6.07, 6.45) is 4.82. The van der Waals surface area contributed by atoms with Gasteiger partial charge in [-0.1, -0.05) is 6.07 Å². The van der Waals surface area contributed by atoms with Crippen molar-refractivity contribution in [2.24, 2.45) is 0 Å². The summed E-state index contributed by atoms with van der Waals surface area (Å²) in [5.74, 6) is 1.68. The molecule has 1 aliphatic heterocycles. The molecule has 2 rings (SSSR count). The van der Waals surface area contributed by atoms with Crippen molar-refractivity contribution in [3.8, 4) is 11.5 Å². The molecule has 22 heavy (non-hydrogen) atoms. The van der Waals surface area contributed by atoms with Crippen LogP contribution >= 0.6 is 0 Å². The number of ether oxygens (including phenoxy) is 2. The number of nitrogens with one attached hydrogen (secondary N) is 1. The van der Waals surface area contributed by atoms with Crippen molar-refractivity contribution in [3.05, 3.63) is 23.8 Å². The van der Waals surface area contributed by atoms with Gasteiger partial charge in [0.05, 0.1) is 13.7 Å². The summed E-state index contributed by atoms with van der Waals surface area (Å²) in [4.78, 5) is 2.57. The maximum Gasteiger partial charge on any atom is 0.161 e. The molecule has 4 heteroatoms. The molecule has 0 spiro atoms. The molecule has 4 nitrogen and oxygen atoms in total. The van der Waals surface area contributed by atoms with Crippen molar-refractivity contribution in [1.82, 2.24) is 10.2 Å². The minimum atomic E-state index is 0.716. The molecule has 124 valence electrons. The van der Waals surface area contributed by atoms with Gasteiger partial charge in [-0.3, -0.25) is 0 Å². The first-order chi connectivity index (χ1) is 10.7. The van der Waals surface area contributed by atoms with E-state index in [1.807, 2.05) is 12.1 Å². The number of nitrogens with zero attached hydrogens (tertiary/aromatic N) is 1. The van der Waals surface area contributed by atoms with E-state index in [-0.39, 0.29) is 0 Å². The SMILES string of the molecule is CNC1CCN(CCCCOc2ccc(C)cc2OC)CC1. The molecule has 1 aliphatic rings. The van der Waals surface area contributed by atoms with E-state index >= 15 is 0 Å². The van der Waals surface area contributed by atoms with Gasteiger partial charge in [-0.05, 0) is 77.0 Å². The lowest BCUT2D eigenvalue weighted by atomic mass is 10.1. The van der Waals surface area contributed by atoms with Crippen molar-refractivity contribution in [2.45, 2.75) is 38.6 Å². The van der Waals surface area contributed by atoms with Gasteiger partial charge in [0, 0.05) is 6.04 Å². The van der Waals surface area contributed by atoms with Crippen LogP contribution in [-0.4, -0.2) is 51.3 Å². The summed E-state index contributed by atoms with van der Waals surface area (Å²) >= 11 is 0. The maximum absolute atomic E-state index is 5.85. The normalized spacial score (nSPS) is 16.7. The fraction of sp³-hybridized carbons (Fsp3) is 0.667. The van der Waals surface area contributed by atoms with E-state index in [0.717, 1.165) is 24.5 Å². The van der Waals surface area contributed by atoms with Gasteiger partial charge in [0.25, 0.3) is 0 Å². The van der Waals surface area contributed by atoms with Crippen LogP contribution in [0.4, 0.5) is 0 Å². The average molecular weight is 306 g/mol. The number of piperidine rings is 1. The van der Waals surface area contributed by atoms with Gasteiger partial charge in [0.1, 0.15) is 0 Å². The van der Waals surface area contributed by atoms with Crippen LogP contribution in [0.15, 0.2) is 18.2 Å². The highest BCUT2D eigenvalue weighted by Crippen LogP contribution is 2.27. The first-order valence-corrected chi connectivity index (χ1v) is 8.40. The summed E-state index contributed by atoms with van der Waals surface area (Å²) in [6, 6.07) is 6.79. The van der Waals surface area contributed by atoms with Crippen LogP contribution in [-0.2, 0) is 0 Å². The minimum absolute atomic E-state index is 0.716. The summed E-state index contributed by atoms with van der Waals surface area (Å²) in [5.41, 5.74) is 1.19. The van der Waals surface area contributed by atoms with E-state index in [4.69, 9.17) is 9.47 Å². The third-order valence-electron chi connectivity index (χ3n) is 4.44. The fourth-order valence-electron chi connectivity index (χ4n) is 2.96. The molecule has 0 bridgehead atoms. The quantitative estimate of drug-likeness (QED) is 0.749. The van der Waals surface area contributed by atoms with E-state index in [0.29, 0.717) is 6.04 Å². The first kappa shape index (κ1) is 17.1. The second-order valence-electron chi connectivity index (χ2n) is 6.11. The maximum atomic E-state index is 5.85. The molecule has 0 unspecified atom stereocenters. The molecule has 0 aromatic heterocycles. The lowest BCUT2D eigenvalue weighted by Crippen LogP contribution is -2.41. The lowest BCUT2D eigenvalue weighted by molar-refractivity contribution is 0.192. The van der Waals surface area contributed by atoms with Gasteiger partial charge < -0.3 is 19.7 Å². The first-order valence-electron chi connectivity index (χ1n) is 8.40. The number of hydrogen-bond acceptors (Lipinski definition) is 4. The monoisotopic (exact) mass is 306 g/mol. The highest BCUT2D eigenvalue weighted by Gasteiger charge is 2.16. The number of aryl methyl sites for hydroxylation is 1. The number of rotatable bonds is 8. The van der Waals surface area contributed by atoms with Crippen molar-refractivity contribution in [3.63, 3.8) is 0 Å². The van der Waals surface area contributed by atoms with Crippen molar-refractivity contribution >= 4 is 0 Å². The van der Waals surface area contributed by atoms with Crippen LogP contribution < -0.4 is 14.8 Å². The van der Waals surface area contributed by atoms with E-state index in [1.165, 1.54) is 44.5 Å². The highest BCUT2D eigenvalue weighted by atomic mass is 16.5. The van der Waals surface area contributed by atoms with E-state index in [9.17, 15) is 0 Å². The average Bonchev–Trinajstić information content (AvgIpc) is 2.56. The number of unbranched alkanes of at least 4 members (excludes halogenated alkanes) is 1. The Morgan fingerprint density at radius 2 is 1.95 bits per heavy atom. The predicted molar refractivity (Wildman–Crippen MR) is 91.0 cm³/mol. The molecular weight excluding hydrogens is 276 g/mol. The fourth-order valence-corrected chi connectivity index (χ4v) is 2.96. The number of hydrogen-bond donors (Lipinski definition) is 1. The van der Waals surface area contributed by atoms with Gasteiger partial charge in [0.2, 0.25) is 0 Å². The highest BCUT2D eigenvalue weighted by molar-refractivity contribution is 5.42. The molecule has 1 fully saturated rings. The molecule has 1 saturated heterocycles. The molecule has 1 aromatic carbocycles. The standard InChI is InChI=1S/C18H30N2O2/c1-15-6-7-17(18(14-15)21-3)22-13-5-4-10-20-11-8-16(19-2)9-12-20/h6-7,14,16,19H,4-5,8-13H2,1-3H3. The van der Waals surface area contributed by atoms with Crippen LogP contribution in [0.25, 0.3) is 0 Å². The van der Waals surface area contributed by atoms with Gasteiger partial charge in [-0.15, -0.1) is 0 Å². The zero-order valence-corrected chi connectivity index (χ0v) is 14.2. The second kappa shape index (κ2) is 9.01. The van der Waals surface area contributed by atoms with Gasteiger partial charge in [-0.2, -0.15) is 0 Å². The van der Waals surface area contributed by atoms with E-state index < -0.39 is 0 Å².